The number of nitrogens with one attached hydrogen (secondary N) is 2. The summed E-state index contributed by atoms with van der Waals surface area (Å²) >= 11 is 0. The molecule has 0 heterocycles. The summed E-state index contributed by atoms with van der Waals surface area (Å²) in [6.07, 6.45) is 2.10. The number of quaternary nitrogens is 1. The van der Waals surface area contributed by atoms with E-state index in [1.165, 1.54) is 0 Å². The van der Waals surface area contributed by atoms with Crippen LogP contribution in [0.4, 0.5) is 0 Å². The van der Waals surface area contributed by atoms with Gasteiger partial charge in [0.15, 0.2) is 0 Å². The Morgan fingerprint density at radius 3 is 2.52 bits per heavy atom. The number of rotatable bonds is 9. The number of amides is 1. The first-order chi connectivity index (χ1) is 12.0. The van der Waals surface area contributed by atoms with E-state index >= 15 is 0 Å². The largest absolute Gasteiger partial charge is 0.465 e. The minimum atomic E-state index is -0.176. The molecule has 0 unspecified atom stereocenters. The van der Waals surface area contributed by atoms with E-state index in [4.69, 9.17) is 4.74 Å². The van der Waals surface area contributed by atoms with Crippen molar-refractivity contribution in [2.24, 2.45) is 4.99 Å². The summed E-state index contributed by atoms with van der Waals surface area (Å²) < 4.78 is 5.53. The van der Waals surface area contributed by atoms with Crippen molar-refractivity contribution in [1.82, 2.24) is 5.32 Å². The molecule has 1 atom stereocenters. The number of carbonyl (C=O) groups excluding carboxylic acids is 1. The Balaban J connectivity index is 2.63. The minimum absolute atomic E-state index is 0.119. The van der Waals surface area contributed by atoms with Crippen molar-refractivity contribution in [3.05, 3.63) is 35.4 Å². The van der Waals surface area contributed by atoms with Gasteiger partial charge in [0.25, 0.3) is 11.9 Å². The van der Waals surface area contributed by atoms with Crippen LogP contribution in [0.25, 0.3) is 0 Å². The molecule has 140 valence electrons. The van der Waals surface area contributed by atoms with Crippen LogP contribution in [0.2, 0.25) is 0 Å². The van der Waals surface area contributed by atoms with E-state index in [-0.39, 0.29) is 11.9 Å². The fraction of sp³-hybridized carbons (Fsp3) is 0.600. The third-order valence-corrected chi connectivity index (χ3v) is 4.38. The minimum Gasteiger partial charge on any atom is -0.465 e. The molecular formula is C20H34N3O2+. The van der Waals surface area contributed by atoms with E-state index in [0.717, 1.165) is 38.0 Å². The topological polar surface area (TPSA) is 55.1 Å². The van der Waals surface area contributed by atoms with E-state index in [1.54, 1.807) is 4.90 Å². The van der Waals surface area contributed by atoms with Gasteiger partial charge in [-0.05, 0) is 59.1 Å². The standard InChI is InChI=1S/C20H33N3O2/c1-6-23(7-2)15-11-13-17(5)21-20(25-8-3)22-19(24)18-14-10-9-12-16(18)4/h9-10,12,14,17H,6-8,11,13,15H2,1-5H3,(H,21,22,24)/p+1/t17-/m1/s1. The molecular weight excluding hydrogens is 314 g/mol. The normalized spacial score (nSPS) is 13.0. The average Bonchev–Trinajstić information content (AvgIpc) is 2.59. The highest BCUT2D eigenvalue weighted by Gasteiger charge is 2.13. The van der Waals surface area contributed by atoms with Crippen LogP contribution in [0.15, 0.2) is 29.3 Å². The van der Waals surface area contributed by atoms with E-state index in [2.05, 4.69) is 31.1 Å². The molecule has 1 aromatic carbocycles. The number of amidine groups is 1. The molecule has 5 heteroatoms. The highest BCUT2D eigenvalue weighted by molar-refractivity contribution is 6.04. The molecule has 0 fully saturated rings. The lowest BCUT2D eigenvalue weighted by Crippen LogP contribution is -3.11. The van der Waals surface area contributed by atoms with Crippen LogP contribution in [0.5, 0.6) is 0 Å². The van der Waals surface area contributed by atoms with Gasteiger partial charge in [-0.3, -0.25) is 10.1 Å². The molecule has 0 aliphatic rings. The highest BCUT2D eigenvalue weighted by atomic mass is 16.5. The van der Waals surface area contributed by atoms with Gasteiger partial charge in [0.05, 0.1) is 32.3 Å². The predicted molar refractivity (Wildman–Crippen MR) is 103 cm³/mol. The van der Waals surface area contributed by atoms with E-state index in [9.17, 15) is 4.79 Å². The fourth-order valence-corrected chi connectivity index (χ4v) is 2.75. The first-order valence-corrected chi connectivity index (χ1v) is 9.42. The quantitative estimate of drug-likeness (QED) is 0.531. The van der Waals surface area contributed by atoms with Gasteiger partial charge in [-0.25, -0.2) is 4.99 Å². The summed E-state index contributed by atoms with van der Waals surface area (Å²) in [6, 6.07) is 7.95. The Bertz CT molecular complexity index is 554. The first kappa shape index (κ1) is 21.2. The number of aliphatic imine (C=N–C) groups is 1. The lowest BCUT2D eigenvalue weighted by molar-refractivity contribution is -0.896. The van der Waals surface area contributed by atoms with Crippen LogP contribution < -0.4 is 10.2 Å². The molecule has 5 nitrogen and oxygen atoms in total. The Kier molecular flexibility index (Phi) is 9.85. The molecule has 0 aliphatic carbocycles. The molecule has 1 amide bonds. The van der Waals surface area contributed by atoms with Crippen molar-refractivity contribution in [3.8, 4) is 0 Å². The number of carbonyl (C=O) groups is 1. The Morgan fingerprint density at radius 1 is 1.24 bits per heavy atom. The Labute approximate surface area is 152 Å². The zero-order chi connectivity index (χ0) is 18.7. The summed E-state index contributed by atoms with van der Waals surface area (Å²) in [5.41, 5.74) is 1.58. The highest BCUT2D eigenvalue weighted by Crippen LogP contribution is 2.07. The number of hydrogen-bond acceptors (Lipinski definition) is 3. The van der Waals surface area contributed by atoms with Crippen molar-refractivity contribution in [2.75, 3.05) is 26.2 Å². The van der Waals surface area contributed by atoms with Crippen molar-refractivity contribution in [1.29, 1.82) is 0 Å². The van der Waals surface area contributed by atoms with Crippen molar-refractivity contribution < 1.29 is 14.4 Å². The first-order valence-electron chi connectivity index (χ1n) is 9.42. The van der Waals surface area contributed by atoms with Crippen molar-refractivity contribution >= 4 is 11.9 Å². The molecule has 0 spiro atoms. The van der Waals surface area contributed by atoms with E-state index in [1.807, 2.05) is 38.1 Å². The van der Waals surface area contributed by atoms with Gasteiger partial charge in [0, 0.05) is 5.56 Å². The number of nitrogens with zero attached hydrogens (tertiary/aromatic N) is 1. The lowest BCUT2D eigenvalue weighted by atomic mass is 10.1. The van der Waals surface area contributed by atoms with Crippen molar-refractivity contribution in [3.63, 3.8) is 0 Å². The number of aryl methyl sites for hydroxylation is 1. The average molecular weight is 349 g/mol. The maximum Gasteiger partial charge on any atom is 0.291 e. The third-order valence-electron chi connectivity index (χ3n) is 4.38. The predicted octanol–water partition coefficient (Wildman–Crippen LogP) is 2.21. The third kappa shape index (κ3) is 7.69. The van der Waals surface area contributed by atoms with Gasteiger partial charge >= 0.3 is 0 Å². The van der Waals surface area contributed by atoms with E-state index < -0.39 is 0 Å². The molecule has 1 aromatic rings. The van der Waals surface area contributed by atoms with Gasteiger partial charge < -0.3 is 9.64 Å². The summed E-state index contributed by atoms with van der Waals surface area (Å²) in [4.78, 5) is 18.6. The number of ether oxygens (including phenoxy) is 1. The van der Waals surface area contributed by atoms with Gasteiger partial charge in [0.2, 0.25) is 0 Å². The second kappa shape index (κ2) is 11.6. The fourth-order valence-electron chi connectivity index (χ4n) is 2.75. The van der Waals surface area contributed by atoms with Crippen LogP contribution in [-0.4, -0.2) is 44.2 Å². The zero-order valence-corrected chi connectivity index (χ0v) is 16.4. The summed E-state index contributed by atoms with van der Waals surface area (Å²) in [5.74, 6) is -0.176. The maximum atomic E-state index is 12.4. The molecule has 0 saturated carbocycles. The molecule has 0 aromatic heterocycles. The van der Waals surface area contributed by atoms with Crippen LogP contribution in [0.1, 0.15) is 56.5 Å². The van der Waals surface area contributed by atoms with Crippen LogP contribution in [-0.2, 0) is 4.74 Å². The summed E-state index contributed by atoms with van der Waals surface area (Å²) in [5, 5.41) is 2.81. The van der Waals surface area contributed by atoms with Crippen LogP contribution in [0, 0.1) is 6.92 Å². The Morgan fingerprint density at radius 2 is 1.92 bits per heavy atom. The van der Waals surface area contributed by atoms with Gasteiger partial charge in [-0.15, -0.1) is 0 Å². The zero-order valence-electron chi connectivity index (χ0n) is 16.4. The number of hydrogen-bond donors (Lipinski definition) is 2. The molecule has 1 rings (SSSR count). The SMILES string of the molecule is CCOC(=N[C@H](C)CCC[NH+](CC)CC)NC(=O)c1ccccc1C. The monoisotopic (exact) mass is 348 g/mol. The molecule has 0 bridgehead atoms. The molecule has 25 heavy (non-hydrogen) atoms. The molecule has 0 aliphatic heterocycles. The van der Waals surface area contributed by atoms with Crippen LogP contribution in [0.3, 0.4) is 0 Å². The smallest absolute Gasteiger partial charge is 0.291 e. The summed E-state index contributed by atoms with van der Waals surface area (Å²) in [6.45, 7) is 14.3. The Hall–Kier alpha value is -1.88. The van der Waals surface area contributed by atoms with Gasteiger partial charge in [0.1, 0.15) is 0 Å². The molecule has 0 radical (unpaired) electrons. The van der Waals surface area contributed by atoms with Crippen molar-refractivity contribution in [2.45, 2.75) is 53.5 Å². The number of benzene rings is 1. The lowest BCUT2D eigenvalue weighted by Gasteiger charge is -2.16. The van der Waals surface area contributed by atoms with E-state index in [0.29, 0.717) is 18.2 Å². The maximum absolute atomic E-state index is 12.4. The second-order valence-corrected chi connectivity index (χ2v) is 6.33. The van der Waals surface area contributed by atoms with Gasteiger partial charge in [-0.1, -0.05) is 18.2 Å². The summed E-state index contributed by atoms with van der Waals surface area (Å²) in [7, 11) is 0. The molecule has 2 N–H and O–H groups in total. The van der Waals surface area contributed by atoms with Crippen LogP contribution >= 0.6 is 0 Å². The van der Waals surface area contributed by atoms with Gasteiger partial charge in [-0.2, -0.15) is 0 Å². The molecule has 0 saturated heterocycles. The second-order valence-electron chi connectivity index (χ2n) is 6.33.